The Hall–Kier alpha value is -7.64. The molecular weight excluding hydrogens is 961 g/mol. The van der Waals surface area contributed by atoms with Gasteiger partial charge >= 0.3 is 23.9 Å². The van der Waals surface area contributed by atoms with Crippen molar-refractivity contribution >= 4 is 46.6 Å². The minimum Gasteiger partial charge on any atom is -0.481 e. The van der Waals surface area contributed by atoms with Crippen molar-refractivity contribution < 1.29 is 58.2 Å². The van der Waals surface area contributed by atoms with Crippen LogP contribution in [0.15, 0.2) is 97.1 Å². The van der Waals surface area contributed by atoms with E-state index in [2.05, 4.69) is 13.8 Å². The summed E-state index contributed by atoms with van der Waals surface area (Å²) >= 11 is 0. The number of non-ortho nitro benzene ring substituents is 4. The highest BCUT2D eigenvalue weighted by Crippen LogP contribution is 2.21. The number of esters is 3. The molecule has 0 aromatic heterocycles. The molecule has 20 nitrogen and oxygen atoms in total. The molecule has 404 valence electrons. The summed E-state index contributed by atoms with van der Waals surface area (Å²) in [6.45, 7) is 6.30. The molecule has 0 amide bonds. The van der Waals surface area contributed by atoms with Gasteiger partial charge in [-0.1, -0.05) is 136 Å². The van der Waals surface area contributed by atoms with Gasteiger partial charge in [0.1, 0.15) is 17.2 Å². The number of nitro groups is 4. The Morgan fingerprint density at radius 3 is 0.851 bits per heavy atom. The van der Waals surface area contributed by atoms with Crippen LogP contribution >= 0.6 is 0 Å². The van der Waals surface area contributed by atoms with Crippen LogP contribution in [-0.2, 0) is 25.6 Å². The van der Waals surface area contributed by atoms with Crippen molar-refractivity contribution in [3.05, 3.63) is 143 Å². The molecule has 4 aromatic rings. The zero-order valence-electron chi connectivity index (χ0n) is 42.9. The first kappa shape index (κ1) is 64.4. The molecule has 0 spiro atoms. The summed E-state index contributed by atoms with van der Waals surface area (Å²) < 4.78 is 15.2. The van der Waals surface area contributed by atoms with Crippen molar-refractivity contribution in [1.29, 1.82) is 0 Å². The molecule has 0 saturated heterocycles. The van der Waals surface area contributed by atoms with E-state index in [-0.39, 0.29) is 47.1 Å². The first-order chi connectivity index (χ1) is 35.5. The number of nitrogens with zero attached hydrogens (tertiary/aromatic N) is 4. The maximum absolute atomic E-state index is 11.7. The molecule has 0 bridgehead atoms. The molecule has 0 unspecified atom stereocenters. The van der Waals surface area contributed by atoms with Gasteiger partial charge in [0, 0.05) is 67.8 Å². The van der Waals surface area contributed by atoms with Crippen molar-refractivity contribution in [3.63, 3.8) is 0 Å². The number of ether oxygens (including phenoxy) is 3. The summed E-state index contributed by atoms with van der Waals surface area (Å²) in [5, 5.41) is 50.0. The number of hydrogen-bond acceptors (Lipinski definition) is 15. The number of aliphatic carboxylic acids is 1. The fraction of sp³-hybridized carbons (Fsp3) is 0.481. The van der Waals surface area contributed by atoms with Crippen molar-refractivity contribution in [3.8, 4) is 17.2 Å². The third kappa shape index (κ3) is 32.4. The number of unbranched alkanes of at least 4 members (excludes halogenated alkanes) is 16. The number of rotatable bonds is 31. The van der Waals surface area contributed by atoms with Crippen molar-refractivity contribution in [2.45, 2.75) is 168 Å². The number of nitro benzene ring substituents is 4. The molecule has 0 saturated carbocycles. The van der Waals surface area contributed by atoms with E-state index in [4.69, 9.17) is 19.3 Å². The number of benzene rings is 4. The first-order valence-electron chi connectivity index (χ1n) is 25.3. The van der Waals surface area contributed by atoms with Crippen molar-refractivity contribution in [1.82, 2.24) is 0 Å². The lowest BCUT2D eigenvalue weighted by Gasteiger charge is -2.04. The van der Waals surface area contributed by atoms with E-state index in [1.54, 1.807) is 0 Å². The van der Waals surface area contributed by atoms with E-state index >= 15 is 0 Å². The number of hydrogen-bond donors (Lipinski definition) is 1. The van der Waals surface area contributed by atoms with E-state index < -0.39 is 25.7 Å². The summed E-state index contributed by atoms with van der Waals surface area (Å²) in [4.78, 5) is 84.3. The van der Waals surface area contributed by atoms with Gasteiger partial charge in [0.25, 0.3) is 22.7 Å². The Morgan fingerprint density at radius 1 is 0.365 bits per heavy atom. The van der Waals surface area contributed by atoms with Gasteiger partial charge in [0.15, 0.2) is 0 Å². The zero-order valence-corrected chi connectivity index (χ0v) is 42.9. The van der Waals surface area contributed by atoms with Crippen LogP contribution in [0.2, 0.25) is 0 Å². The Labute approximate surface area is 432 Å². The average molecular weight is 1030 g/mol. The van der Waals surface area contributed by atoms with E-state index in [1.165, 1.54) is 181 Å². The molecule has 1 N–H and O–H groups in total. The second-order valence-corrected chi connectivity index (χ2v) is 17.1. The predicted octanol–water partition coefficient (Wildman–Crippen LogP) is 14.4. The number of carboxylic acids is 1. The van der Waals surface area contributed by atoms with Crippen LogP contribution in [0.4, 0.5) is 22.7 Å². The van der Waals surface area contributed by atoms with E-state index in [0.29, 0.717) is 48.5 Å². The molecule has 0 aliphatic heterocycles. The van der Waals surface area contributed by atoms with E-state index in [1.807, 2.05) is 6.92 Å². The number of carboxylic acid groups (broad SMARTS) is 1. The molecule has 0 fully saturated rings. The second kappa shape index (κ2) is 39.9. The molecule has 0 aliphatic carbocycles. The molecule has 74 heavy (non-hydrogen) atoms. The van der Waals surface area contributed by atoms with Gasteiger partial charge in [-0.2, -0.15) is 0 Å². The smallest absolute Gasteiger partial charge is 0.311 e. The Balaban J connectivity index is 0.000000508. The van der Waals surface area contributed by atoms with E-state index in [0.717, 1.165) is 32.1 Å². The molecule has 4 aromatic carbocycles. The minimum atomic E-state index is -0.950. The molecule has 0 heterocycles. The third-order valence-corrected chi connectivity index (χ3v) is 10.8. The SMILES string of the molecule is CCCC(=O)Oc1ccc([N+](=O)[O-])cc1.CCCCCCCCCC(=O)Oc1ccc([N+](=O)[O-])cc1.CCCCCCCCCCCCCC(=O)Oc1ccc([N+](=O)[O-])cc1.O=C(O)Cc1ccc([N+](=O)[O-])cc1. The molecule has 20 heteroatoms. The van der Waals surface area contributed by atoms with Gasteiger partial charge in [0.05, 0.1) is 26.1 Å². The lowest BCUT2D eigenvalue weighted by molar-refractivity contribution is -0.385. The zero-order chi connectivity index (χ0) is 54.9. The van der Waals surface area contributed by atoms with Crippen molar-refractivity contribution in [2.75, 3.05) is 0 Å². The van der Waals surface area contributed by atoms with Crippen molar-refractivity contribution in [2.24, 2.45) is 0 Å². The normalized spacial score (nSPS) is 10.1. The predicted molar refractivity (Wildman–Crippen MR) is 279 cm³/mol. The minimum absolute atomic E-state index is 0.00911. The Kier molecular flexibility index (Phi) is 34.7. The highest BCUT2D eigenvalue weighted by Gasteiger charge is 2.11. The summed E-state index contributed by atoms with van der Waals surface area (Å²) in [5.74, 6) is -0.784. The van der Waals surface area contributed by atoms with E-state index in [9.17, 15) is 59.6 Å². The molecule has 0 radical (unpaired) electrons. The summed E-state index contributed by atoms with van der Waals surface area (Å²) in [5.41, 5.74) is 0.476. The van der Waals surface area contributed by atoms with Gasteiger partial charge in [-0.3, -0.25) is 59.6 Å². The second-order valence-electron chi connectivity index (χ2n) is 17.1. The topological polar surface area (TPSA) is 289 Å². The van der Waals surface area contributed by atoms with Crippen LogP contribution in [0.25, 0.3) is 0 Å². The summed E-state index contributed by atoms with van der Waals surface area (Å²) in [6.07, 6.45) is 23.4. The average Bonchev–Trinajstić information content (AvgIpc) is 3.36. The lowest BCUT2D eigenvalue weighted by atomic mass is 10.1. The van der Waals surface area contributed by atoms with Crippen LogP contribution in [0.5, 0.6) is 17.2 Å². The monoisotopic (exact) mass is 1030 g/mol. The van der Waals surface area contributed by atoms with Crippen LogP contribution in [-0.4, -0.2) is 48.7 Å². The highest BCUT2D eigenvalue weighted by atomic mass is 16.6. The van der Waals surface area contributed by atoms with Crippen LogP contribution in [0, 0.1) is 40.5 Å². The van der Waals surface area contributed by atoms with Crippen LogP contribution in [0.1, 0.15) is 168 Å². The molecular formula is C54H72N4O16. The highest BCUT2D eigenvalue weighted by molar-refractivity contribution is 5.73. The van der Waals surface area contributed by atoms with Gasteiger partial charge in [-0.05, 0) is 61.2 Å². The summed E-state index contributed by atoms with van der Waals surface area (Å²) in [7, 11) is 0. The molecule has 0 atom stereocenters. The third-order valence-electron chi connectivity index (χ3n) is 10.8. The summed E-state index contributed by atoms with van der Waals surface area (Å²) in [6, 6.07) is 22.0. The first-order valence-corrected chi connectivity index (χ1v) is 25.3. The fourth-order valence-electron chi connectivity index (χ4n) is 6.73. The Morgan fingerprint density at radius 2 is 0.608 bits per heavy atom. The lowest BCUT2D eigenvalue weighted by Crippen LogP contribution is -2.07. The van der Waals surface area contributed by atoms with Gasteiger partial charge < -0.3 is 19.3 Å². The number of carbonyl (C=O) groups excluding carboxylic acids is 3. The quantitative estimate of drug-likeness (QED) is 0.0161. The van der Waals surface area contributed by atoms with Gasteiger partial charge in [-0.25, -0.2) is 0 Å². The number of carbonyl (C=O) groups is 4. The maximum atomic E-state index is 11.7. The van der Waals surface area contributed by atoms with Crippen LogP contribution in [0.3, 0.4) is 0 Å². The Bertz CT molecular complexity index is 2270. The van der Waals surface area contributed by atoms with Gasteiger partial charge in [0.2, 0.25) is 0 Å². The van der Waals surface area contributed by atoms with Crippen LogP contribution < -0.4 is 14.2 Å². The van der Waals surface area contributed by atoms with Gasteiger partial charge in [-0.15, -0.1) is 0 Å². The largest absolute Gasteiger partial charge is 0.481 e. The standard InChI is InChI=1S/C20H31NO4.C16H23NO4.C10H11NO4.C8H7NO4/c1-2-3-4-5-6-7-8-9-10-11-12-13-20(22)25-19-16-14-18(15-17-19)21(23)24;1-2-3-4-5-6-7-8-9-16(18)21-15-12-10-14(11-13-15)17(19)20;1-2-3-10(12)15-9-6-4-8(5-7-9)11(13)14;10-8(11)5-6-1-3-7(4-2-6)9(12)13/h14-17H,2-13H2,1H3;10-13H,2-9H2,1H3;4-7H,2-3H2,1H3;1-4H,5H2,(H,10,11). The maximum Gasteiger partial charge on any atom is 0.311 e. The molecule has 0 aliphatic rings. The fourth-order valence-corrected chi connectivity index (χ4v) is 6.73. The molecule has 4 rings (SSSR count).